The summed E-state index contributed by atoms with van der Waals surface area (Å²) in [7, 11) is 79.1. The van der Waals surface area contributed by atoms with Crippen LogP contribution < -0.4 is 11.1 Å². The Kier molecular flexibility index (Phi) is 53.3. The van der Waals surface area contributed by atoms with E-state index in [0.29, 0.717) is 23.4 Å². The van der Waals surface area contributed by atoms with Crippen molar-refractivity contribution in [1.82, 2.24) is 25.5 Å². The van der Waals surface area contributed by atoms with E-state index in [9.17, 15) is 17.2 Å². The van der Waals surface area contributed by atoms with Crippen LogP contribution in [0, 0.1) is 5.82 Å². The summed E-state index contributed by atoms with van der Waals surface area (Å²) in [5.41, 5.74) is 7.57. The van der Waals surface area contributed by atoms with Crippen LogP contribution in [0.3, 0.4) is 0 Å². The third kappa shape index (κ3) is 29.0. The maximum atomic E-state index is 14.7. The zero-order chi connectivity index (χ0) is 63.4. The molecule has 4 rings (SSSR count). The molecule has 2 heterocycles. The van der Waals surface area contributed by atoms with E-state index < -0.39 is 27.6 Å². The molecule has 0 aliphatic heterocycles. The van der Waals surface area contributed by atoms with Gasteiger partial charge < -0.3 is 15.5 Å². The Bertz CT molecular complexity index is 2530. The van der Waals surface area contributed by atoms with Crippen molar-refractivity contribution >= 4 is 395 Å². The molecule has 3 N–H and O–H groups in total. The average Bonchev–Trinajstić information content (AvgIpc) is 2.10. The molecule has 0 amide bonds. The fourth-order valence-electron chi connectivity index (χ4n) is 6.09. The Morgan fingerprint density at radius 2 is 0.940 bits per heavy atom. The normalized spacial score (nSPS) is 13.3. The summed E-state index contributed by atoms with van der Waals surface area (Å²) >= 11 is 6.28. The lowest BCUT2D eigenvalue weighted by Crippen LogP contribution is -2.16. The molecule has 0 radical (unpaired) electrons. The van der Waals surface area contributed by atoms with Crippen molar-refractivity contribution in [3.05, 3.63) is 59.0 Å². The molecule has 0 bridgehead atoms. The molecule has 0 aliphatic rings. The minimum absolute atomic E-state index is 0.00110. The zero-order valence-electron chi connectivity index (χ0n) is 43.6. The molecule has 2 aromatic carbocycles. The van der Waals surface area contributed by atoms with Gasteiger partial charge >= 0.3 is 0 Å². The number of alkyl halides is 1. The van der Waals surface area contributed by atoms with Crippen molar-refractivity contribution < 1.29 is 21.6 Å². The summed E-state index contributed by atoms with van der Waals surface area (Å²) in [4.78, 5) is 8.59. The van der Waals surface area contributed by atoms with E-state index in [2.05, 4.69) is 240 Å². The number of nitrogens with two attached hydrogens (primary N) is 1. The van der Waals surface area contributed by atoms with E-state index in [1.807, 2.05) is 0 Å². The first-order chi connectivity index (χ1) is 38.5. The van der Waals surface area contributed by atoms with Crippen LogP contribution in [0.25, 0.3) is 34.3 Å². The van der Waals surface area contributed by atoms with Crippen LogP contribution in [-0.4, -0.2) is 47.1 Å². The summed E-state index contributed by atoms with van der Waals surface area (Å²) in [6, 6.07) is 8.89. The van der Waals surface area contributed by atoms with Gasteiger partial charge in [-0.1, -0.05) is 23.7 Å². The van der Waals surface area contributed by atoms with Gasteiger partial charge in [0.15, 0.2) is 21.3 Å². The molecule has 9 nitrogen and oxygen atoms in total. The van der Waals surface area contributed by atoms with Gasteiger partial charge in [-0.3, -0.25) is 0 Å². The molecular weight excluding hydrogens is 1950 g/mol. The highest BCUT2D eigenvalue weighted by atomic mass is 35.5. The summed E-state index contributed by atoms with van der Waals surface area (Å²) < 4.78 is 57.6. The van der Waals surface area contributed by atoms with Crippen molar-refractivity contribution in [3.63, 3.8) is 0 Å². The summed E-state index contributed by atoms with van der Waals surface area (Å²) in [5, 5.41) is 10.1. The maximum absolute atomic E-state index is 14.7. The topological polar surface area (TPSA) is 137 Å². The van der Waals surface area contributed by atoms with Gasteiger partial charge in [0.2, 0.25) is 0 Å². The van der Waals surface area contributed by atoms with Crippen LogP contribution in [0.1, 0.15) is 19.4 Å². The van der Waals surface area contributed by atoms with Crippen LogP contribution >= 0.6 is 380 Å². The number of aromatic nitrogens is 4. The molecule has 59 heteroatoms. The molecule has 472 valence electrons. The van der Waals surface area contributed by atoms with Gasteiger partial charge in [-0.2, -0.15) is 0 Å². The lowest BCUT2D eigenvalue weighted by atomic mass is 10.1. The minimum Gasteiger partial charge on any atom is -0.414 e. The number of sulfone groups is 1. The van der Waals surface area contributed by atoms with Gasteiger partial charge in [-0.15, -0.1) is 224 Å². The van der Waals surface area contributed by atoms with Gasteiger partial charge in [0, 0.05) is 18.7 Å². The van der Waals surface area contributed by atoms with Crippen molar-refractivity contribution in [1.29, 1.82) is 0 Å². The number of hydrogen-bond donors (Lipinski definition) is 2. The Hall–Kier alpha value is 16.3. The summed E-state index contributed by atoms with van der Waals surface area (Å²) in [6.07, 6.45) is 1.40. The SMILES string of the molecule is CC(C)S(=O)(=O)c1ccc(-c2cnc(N)c(-c3nnc(-c4ccc(CNCCF)cc4F)o3)n2)cc1Cl.PP(P)P(P(P)P)P(P(P(P)P)P(P)P)P(P(P(P(P)P)P(P)P)P(P(P)P)P(P)P)P(P(P(P)P)P(P)P)P(P(P)P)P(P)P. The zero-order valence-corrected chi connectivity index (χ0v) is 92.5. The van der Waals surface area contributed by atoms with E-state index in [1.165, 1.54) is 30.5 Å². The highest BCUT2D eigenvalue weighted by Crippen LogP contribution is 3.45. The van der Waals surface area contributed by atoms with Crippen LogP contribution in [0.5, 0.6) is 0 Å². The quantitative estimate of drug-likeness (QED) is 0.0386. The number of nitrogens with one attached hydrogen (secondary N) is 1. The molecular formula is C24H71ClF2N6O3P46S. The Morgan fingerprint density at radius 1 is 0.566 bits per heavy atom. The first-order valence-electron chi connectivity index (χ1n) is 21.6. The van der Waals surface area contributed by atoms with Gasteiger partial charge in [0.05, 0.1) is 32.6 Å². The standard InChI is InChI=1S/C24H23ClF2N6O3S.H48P46/c1-13(2)37(34,35)20-6-4-15(10-17(20)25)19-12-30-22(28)21(31-19)24-33-32-23(36-24)16-5-3-14(9-18(16)27)11-29-8-7-26;1-25(2)37(26(3)4)43(38(27(5)6)28(7)8)46(44(39(29(9)10)30(11)12)40(31(13)14)32(15)16)45(41(33(17)18)34(19)20)42(35(21)22)36(23)24/h3-6,9-10,12-13,29H,7-8,11H2,1-2H3,(H2,28,30);1-24H2. The number of anilines is 1. The molecule has 0 aliphatic carbocycles. The van der Waals surface area contributed by atoms with Crippen LogP contribution in [0.4, 0.5) is 14.6 Å². The van der Waals surface area contributed by atoms with Crippen molar-refractivity contribution in [2.45, 2.75) is 30.5 Å². The van der Waals surface area contributed by atoms with Gasteiger partial charge in [-0.05, 0) is 197 Å². The largest absolute Gasteiger partial charge is 0.414 e. The molecule has 0 saturated heterocycles. The summed E-state index contributed by atoms with van der Waals surface area (Å²) in [5.74, 6) is -0.763. The molecule has 0 saturated carbocycles. The third-order valence-corrected chi connectivity index (χ3v) is 325. The average molecular weight is 2020 g/mol. The lowest BCUT2D eigenvalue weighted by Gasteiger charge is -2.57. The monoisotopic (exact) mass is 2020 g/mol. The number of nitrogen functional groups attached to an aromatic ring is 1. The number of rotatable bonds is 30. The Balaban J connectivity index is 0.000000443. The predicted octanol–water partition coefficient (Wildman–Crippen LogP) is 31.2. The van der Waals surface area contributed by atoms with Crippen molar-refractivity contribution in [2.24, 2.45) is 0 Å². The molecule has 2 aromatic heterocycles. The highest BCUT2D eigenvalue weighted by molar-refractivity contribution is 9.51. The van der Waals surface area contributed by atoms with Crippen LogP contribution in [0.15, 0.2) is 51.9 Å². The van der Waals surface area contributed by atoms with E-state index in [0.717, 1.165) is 0 Å². The second-order valence-corrected chi connectivity index (χ2v) is 207. The second-order valence-electron chi connectivity index (χ2n) is 15.6. The maximum Gasteiger partial charge on any atom is 0.270 e. The molecule has 0 fully saturated rings. The third-order valence-electron chi connectivity index (χ3n) is 9.37. The molecule has 83 heavy (non-hydrogen) atoms. The minimum atomic E-state index is -3.57. The Morgan fingerprint density at radius 3 is 1.28 bits per heavy atom. The van der Waals surface area contributed by atoms with E-state index in [-0.39, 0.29) is 199 Å². The fourth-order valence-corrected chi connectivity index (χ4v) is 657. The van der Waals surface area contributed by atoms with Crippen molar-refractivity contribution in [3.8, 4) is 34.3 Å². The summed E-state index contributed by atoms with van der Waals surface area (Å²) in [6.45, 7) is 0.0255. The van der Waals surface area contributed by atoms with E-state index >= 15 is 0 Å². The fraction of sp³-hybridized carbons (Fsp3) is 0.250. The molecule has 0 spiro atoms. The van der Waals surface area contributed by atoms with Gasteiger partial charge in [-0.25, -0.2) is 27.2 Å². The first kappa shape index (κ1) is 93.5. The molecule has 24 unspecified atom stereocenters. The smallest absolute Gasteiger partial charge is 0.270 e. The van der Waals surface area contributed by atoms with Crippen molar-refractivity contribution in [2.75, 3.05) is 19.0 Å². The number of halogens is 3. The number of nitrogens with zero attached hydrogens (tertiary/aromatic N) is 4. The van der Waals surface area contributed by atoms with Crippen LogP contribution in [-0.2, 0) is 16.4 Å². The van der Waals surface area contributed by atoms with E-state index in [1.54, 1.807) is 26.0 Å². The molecule has 4 aromatic rings. The second kappa shape index (κ2) is 47.3. The molecule has 24 atom stereocenters. The first-order valence-corrected chi connectivity index (χ1v) is 107. The van der Waals surface area contributed by atoms with Gasteiger partial charge in [0.1, 0.15) is 12.5 Å². The lowest BCUT2D eigenvalue weighted by molar-refractivity contribution is 0.466. The van der Waals surface area contributed by atoms with Gasteiger partial charge in [0.25, 0.3) is 11.8 Å². The number of hydrogen-bond acceptors (Lipinski definition) is 9. The number of benzene rings is 2. The van der Waals surface area contributed by atoms with Crippen LogP contribution in [0.2, 0.25) is 5.02 Å². The Labute approximate surface area is 578 Å². The predicted molar refractivity (Wildman–Crippen MR) is 521 cm³/mol. The highest BCUT2D eigenvalue weighted by Gasteiger charge is 2.58. The van der Waals surface area contributed by atoms with E-state index in [4.69, 9.17) is 21.8 Å².